The lowest BCUT2D eigenvalue weighted by Gasteiger charge is -2.32. The van der Waals surface area contributed by atoms with E-state index >= 15 is 0 Å². The third kappa shape index (κ3) is 5.36. The molecular formula is C14H29NO2. The third-order valence-corrected chi connectivity index (χ3v) is 4.08. The van der Waals surface area contributed by atoms with Crippen LogP contribution in [0.25, 0.3) is 0 Å². The van der Waals surface area contributed by atoms with Crippen LogP contribution in [0.4, 0.5) is 0 Å². The van der Waals surface area contributed by atoms with E-state index in [2.05, 4.69) is 26.1 Å². The van der Waals surface area contributed by atoms with Gasteiger partial charge in [0.15, 0.2) is 0 Å². The van der Waals surface area contributed by atoms with Gasteiger partial charge in [0.05, 0.1) is 12.7 Å². The Bertz CT molecular complexity index is 199. The van der Waals surface area contributed by atoms with Gasteiger partial charge in [-0.2, -0.15) is 0 Å². The summed E-state index contributed by atoms with van der Waals surface area (Å²) < 4.78 is 5.93. The zero-order chi connectivity index (χ0) is 12.7. The Labute approximate surface area is 106 Å². The number of aliphatic hydroxyl groups is 1. The molecule has 1 aliphatic carbocycles. The summed E-state index contributed by atoms with van der Waals surface area (Å²) in [6.07, 6.45) is 5.05. The Balaban J connectivity index is 2.14. The Kier molecular flexibility index (Phi) is 7.09. The smallest absolute Gasteiger partial charge is 0.0585 e. The van der Waals surface area contributed by atoms with Crippen molar-refractivity contribution < 1.29 is 9.84 Å². The first kappa shape index (κ1) is 14.9. The van der Waals surface area contributed by atoms with Crippen LogP contribution in [0.3, 0.4) is 0 Å². The van der Waals surface area contributed by atoms with Crippen LogP contribution in [0.1, 0.15) is 46.5 Å². The topological polar surface area (TPSA) is 41.5 Å². The van der Waals surface area contributed by atoms with E-state index in [1.54, 1.807) is 0 Å². The zero-order valence-corrected chi connectivity index (χ0v) is 11.6. The number of nitrogens with one attached hydrogen (secondary N) is 1. The van der Waals surface area contributed by atoms with Crippen LogP contribution in [0.2, 0.25) is 0 Å². The van der Waals surface area contributed by atoms with Gasteiger partial charge in [-0.05, 0) is 44.1 Å². The molecule has 17 heavy (non-hydrogen) atoms. The summed E-state index contributed by atoms with van der Waals surface area (Å²) in [5.41, 5.74) is 0. The van der Waals surface area contributed by atoms with Crippen molar-refractivity contribution in [3.8, 4) is 0 Å². The normalized spacial score (nSPS) is 31.4. The highest BCUT2D eigenvalue weighted by Crippen LogP contribution is 2.30. The van der Waals surface area contributed by atoms with Crippen molar-refractivity contribution in [3.05, 3.63) is 0 Å². The maximum atomic E-state index is 9.15. The second kappa shape index (κ2) is 8.06. The van der Waals surface area contributed by atoms with Gasteiger partial charge in [0.2, 0.25) is 0 Å². The largest absolute Gasteiger partial charge is 0.395 e. The lowest BCUT2D eigenvalue weighted by Crippen LogP contribution is -2.34. The van der Waals surface area contributed by atoms with Crippen LogP contribution in [0, 0.1) is 11.8 Å². The molecule has 1 rings (SSSR count). The highest BCUT2D eigenvalue weighted by Gasteiger charge is 2.24. The molecule has 0 radical (unpaired) electrons. The molecule has 0 heterocycles. The number of aliphatic hydroxyl groups excluding tert-OH is 1. The molecule has 3 nitrogen and oxygen atoms in total. The molecule has 0 bridgehead atoms. The maximum absolute atomic E-state index is 9.15. The van der Waals surface area contributed by atoms with E-state index in [0.29, 0.717) is 6.10 Å². The zero-order valence-electron chi connectivity index (χ0n) is 11.6. The highest BCUT2D eigenvalue weighted by molar-refractivity contribution is 4.76. The highest BCUT2D eigenvalue weighted by atomic mass is 16.5. The Morgan fingerprint density at radius 1 is 1.29 bits per heavy atom. The summed E-state index contributed by atoms with van der Waals surface area (Å²) in [6.45, 7) is 8.61. The van der Waals surface area contributed by atoms with Crippen molar-refractivity contribution in [1.29, 1.82) is 0 Å². The van der Waals surface area contributed by atoms with Crippen LogP contribution in [0.15, 0.2) is 0 Å². The van der Waals surface area contributed by atoms with Gasteiger partial charge in [0.25, 0.3) is 0 Å². The molecule has 0 aliphatic heterocycles. The van der Waals surface area contributed by atoms with Gasteiger partial charge in [-0.25, -0.2) is 0 Å². The van der Waals surface area contributed by atoms with Crippen molar-refractivity contribution >= 4 is 0 Å². The van der Waals surface area contributed by atoms with Crippen LogP contribution < -0.4 is 5.32 Å². The molecular weight excluding hydrogens is 214 g/mol. The first-order valence-electron chi connectivity index (χ1n) is 7.13. The monoisotopic (exact) mass is 243 g/mol. The number of hydrogen-bond acceptors (Lipinski definition) is 3. The van der Waals surface area contributed by atoms with E-state index < -0.39 is 0 Å². The van der Waals surface area contributed by atoms with Crippen LogP contribution in [0.5, 0.6) is 0 Å². The van der Waals surface area contributed by atoms with Gasteiger partial charge in [0, 0.05) is 12.6 Å². The fourth-order valence-corrected chi connectivity index (χ4v) is 2.57. The van der Waals surface area contributed by atoms with E-state index in [9.17, 15) is 0 Å². The predicted molar refractivity (Wildman–Crippen MR) is 71.1 cm³/mol. The fraction of sp³-hybridized carbons (Fsp3) is 1.00. The lowest BCUT2D eigenvalue weighted by atomic mass is 9.80. The second-order valence-electron chi connectivity index (χ2n) is 5.49. The summed E-state index contributed by atoms with van der Waals surface area (Å²) >= 11 is 0. The lowest BCUT2D eigenvalue weighted by molar-refractivity contribution is -0.00286. The number of ether oxygens (including phenoxy) is 1. The molecule has 0 saturated heterocycles. The molecule has 0 aromatic carbocycles. The van der Waals surface area contributed by atoms with Crippen LogP contribution in [-0.4, -0.2) is 37.0 Å². The van der Waals surface area contributed by atoms with Gasteiger partial charge in [-0.1, -0.05) is 20.8 Å². The van der Waals surface area contributed by atoms with Crippen molar-refractivity contribution in [3.63, 3.8) is 0 Å². The first-order chi connectivity index (χ1) is 8.17. The van der Waals surface area contributed by atoms with E-state index in [1.807, 2.05) is 0 Å². The molecule has 0 aromatic rings. The standard InChI is InChI=1S/C14H29NO2/c1-4-15-13(10-16)7-8-17-14-6-5-11(2)12(3)9-14/h11-16H,4-10H2,1-3H3. The van der Waals surface area contributed by atoms with Crippen molar-refractivity contribution in [1.82, 2.24) is 5.32 Å². The molecule has 0 amide bonds. The summed E-state index contributed by atoms with van der Waals surface area (Å²) in [5, 5.41) is 12.4. The van der Waals surface area contributed by atoms with E-state index in [4.69, 9.17) is 9.84 Å². The molecule has 1 saturated carbocycles. The SMILES string of the molecule is CCNC(CO)CCOC1CCC(C)C(C)C1. The molecule has 3 heteroatoms. The molecule has 1 fully saturated rings. The molecule has 0 spiro atoms. The van der Waals surface area contributed by atoms with Gasteiger partial charge >= 0.3 is 0 Å². The quantitative estimate of drug-likeness (QED) is 0.720. The van der Waals surface area contributed by atoms with Crippen LogP contribution in [-0.2, 0) is 4.74 Å². The average molecular weight is 243 g/mol. The Hall–Kier alpha value is -0.120. The van der Waals surface area contributed by atoms with Crippen molar-refractivity contribution in [2.45, 2.75) is 58.6 Å². The molecule has 4 unspecified atom stereocenters. The Morgan fingerprint density at radius 3 is 2.65 bits per heavy atom. The van der Waals surface area contributed by atoms with Crippen molar-refractivity contribution in [2.24, 2.45) is 11.8 Å². The predicted octanol–water partition coefficient (Wildman–Crippen LogP) is 2.19. The minimum Gasteiger partial charge on any atom is -0.395 e. The summed E-state index contributed by atoms with van der Waals surface area (Å²) in [4.78, 5) is 0. The van der Waals surface area contributed by atoms with Gasteiger partial charge in [0.1, 0.15) is 0 Å². The second-order valence-corrected chi connectivity index (χ2v) is 5.49. The molecule has 1 aliphatic rings. The summed E-state index contributed by atoms with van der Waals surface area (Å²) in [6, 6.07) is 0.194. The number of rotatable bonds is 7. The van der Waals surface area contributed by atoms with Crippen molar-refractivity contribution in [2.75, 3.05) is 19.8 Å². The number of hydrogen-bond donors (Lipinski definition) is 2. The van der Waals surface area contributed by atoms with E-state index in [-0.39, 0.29) is 12.6 Å². The average Bonchev–Trinajstić information content (AvgIpc) is 2.32. The third-order valence-electron chi connectivity index (χ3n) is 4.08. The van der Waals surface area contributed by atoms with Gasteiger partial charge in [-0.15, -0.1) is 0 Å². The first-order valence-corrected chi connectivity index (χ1v) is 7.13. The van der Waals surface area contributed by atoms with Gasteiger partial charge in [-0.3, -0.25) is 0 Å². The maximum Gasteiger partial charge on any atom is 0.0585 e. The van der Waals surface area contributed by atoms with E-state index in [0.717, 1.165) is 31.4 Å². The summed E-state index contributed by atoms with van der Waals surface area (Å²) in [7, 11) is 0. The minimum absolute atomic E-state index is 0.194. The molecule has 2 N–H and O–H groups in total. The van der Waals surface area contributed by atoms with Crippen LogP contribution >= 0.6 is 0 Å². The van der Waals surface area contributed by atoms with E-state index in [1.165, 1.54) is 19.3 Å². The van der Waals surface area contributed by atoms with Gasteiger partial charge < -0.3 is 15.2 Å². The molecule has 4 atom stereocenters. The number of likely N-dealkylation sites (N-methyl/N-ethyl adjacent to an activating group) is 1. The minimum atomic E-state index is 0.194. The molecule has 102 valence electrons. The fourth-order valence-electron chi connectivity index (χ4n) is 2.57. The summed E-state index contributed by atoms with van der Waals surface area (Å²) in [5.74, 6) is 1.64. The molecule has 0 aromatic heterocycles. The Morgan fingerprint density at radius 2 is 2.06 bits per heavy atom.